The van der Waals surface area contributed by atoms with Crippen LogP contribution in [0.5, 0.6) is 0 Å². The Bertz CT molecular complexity index is 580. The van der Waals surface area contributed by atoms with Crippen molar-refractivity contribution in [2.24, 2.45) is 0 Å². The number of carbonyl (C=O) groups is 2. The number of nitrogens with zero attached hydrogens (tertiary/aromatic N) is 3. The summed E-state index contributed by atoms with van der Waals surface area (Å²) in [6.07, 6.45) is 2.23. The third kappa shape index (κ3) is 5.83. The van der Waals surface area contributed by atoms with E-state index in [2.05, 4.69) is 22.3 Å². The molecule has 3 rings (SSSR count). The summed E-state index contributed by atoms with van der Waals surface area (Å²) in [7, 11) is 1.98. The number of benzene rings is 1. The number of hydrogen-bond acceptors (Lipinski definition) is 4. The molecular weight excluding hydrogens is 316 g/mol. The number of likely N-dealkylation sites (N-methyl/N-ethyl adjacent to an activating group) is 1. The SMILES string of the molecule is CN(CC(=O)N1CCN(CC(=O)NC2CC2)CC1)Cc1ccccc1. The summed E-state index contributed by atoms with van der Waals surface area (Å²) in [5.74, 6) is 0.283. The monoisotopic (exact) mass is 344 g/mol. The van der Waals surface area contributed by atoms with Crippen LogP contribution < -0.4 is 5.32 Å². The van der Waals surface area contributed by atoms with Crippen molar-refractivity contribution in [3.63, 3.8) is 0 Å². The summed E-state index contributed by atoms with van der Waals surface area (Å²) in [5.41, 5.74) is 1.21. The fraction of sp³-hybridized carbons (Fsp3) is 0.579. The highest BCUT2D eigenvalue weighted by atomic mass is 16.2. The largest absolute Gasteiger partial charge is 0.352 e. The van der Waals surface area contributed by atoms with Gasteiger partial charge in [0.15, 0.2) is 0 Å². The number of hydrogen-bond donors (Lipinski definition) is 1. The molecule has 0 aromatic heterocycles. The second kappa shape index (κ2) is 8.45. The molecule has 25 heavy (non-hydrogen) atoms. The van der Waals surface area contributed by atoms with Gasteiger partial charge in [0.05, 0.1) is 13.1 Å². The Morgan fingerprint density at radius 3 is 2.44 bits per heavy atom. The molecule has 1 aromatic carbocycles. The second-order valence-corrected chi connectivity index (χ2v) is 7.16. The van der Waals surface area contributed by atoms with Crippen LogP contribution in [0.25, 0.3) is 0 Å². The lowest BCUT2D eigenvalue weighted by molar-refractivity contribution is -0.134. The van der Waals surface area contributed by atoms with Crippen molar-refractivity contribution in [3.8, 4) is 0 Å². The average Bonchev–Trinajstić information content (AvgIpc) is 3.40. The van der Waals surface area contributed by atoms with E-state index in [1.165, 1.54) is 5.56 Å². The lowest BCUT2D eigenvalue weighted by atomic mass is 10.2. The van der Waals surface area contributed by atoms with Gasteiger partial charge in [0, 0.05) is 38.8 Å². The van der Waals surface area contributed by atoms with E-state index in [1.54, 1.807) is 0 Å². The van der Waals surface area contributed by atoms with Crippen molar-refractivity contribution in [3.05, 3.63) is 35.9 Å². The van der Waals surface area contributed by atoms with Crippen LogP contribution in [0.4, 0.5) is 0 Å². The standard InChI is InChI=1S/C19H28N4O2/c1-21(13-16-5-3-2-4-6-16)15-19(25)23-11-9-22(10-12-23)14-18(24)20-17-7-8-17/h2-6,17H,7-15H2,1H3,(H,20,24). The third-order valence-electron chi connectivity index (χ3n) is 4.74. The maximum atomic E-state index is 12.5. The van der Waals surface area contributed by atoms with E-state index >= 15 is 0 Å². The van der Waals surface area contributed by atoms with Crippen LogP contribution in [0.2, 0.25) is 0 Å². The third-order valence-corrected chi connectivity index (χ3v) is 4.74. The molecule has 1 heterocycles. The average molecular weight is 344 g/mol. The summed E-state index contributed by atoms with van der Waals surface area (Å²) in [6.45, 7) is 4.60. The first-order chi connectivity index (χ1) is 12.1. The first-order valence-corrected chi connectivity index (χ1v) is 9.12. The minimum Gasteiger partial charge on any atom is -0.352 e. The van der Waals surface area contributed by atoms with Crippen molar-refractivity contribution in [1.29, 1.82) is 0 Å². The van der Waals surface area contributed by atoms with Crippen molar-refractivity contribution in [2.45, 2.75) is 25.4 Å². The fourth-order valence-electron chi connectivity index (χ4n) is 3.14. The van der Waals surface area contributed by atoms with E-state index in [1.807, 2.05) is 35.0 Å². The van der Waals surface area contributed by atoms with Crippen molar-refractivity contribution in [2.75, 3.05) is 46.3 Å². The van der Waals surface area contributed by atoms with Gasteiger partial charge in [-0.15, -0.1) is 0 Å². The number of piperazine rings is 1. The zero-order valence-corrected chi connectivity index (χ0v) is 15.0. The van der Waals surface area contributed by atoms with Crippen LogP contribution in [0.1, 0.15) is 18.4 Å². The Labute approximate surface area is 149 Å². The van der Waals surface area contributed by atoms with Gasteiger partial charge in [-0.25, -0.2) is 0 Å². The van der Waals surface area contributed by atoms with Gasteiger partial charge in [-0.1, -0.05) is 30.3 Å². The second-order valence-electron chi connectivity index (χ2n) is 7.16. The van der Waals surface area contributed by atoms with E-state index in [4.69, 9.17) is 0 Å². The lowest BCUT2D eigenvalue weighted by Gasteiger charge is -2.35. The minimum atomic E-state index is 0.116. The first-order valence-electron chi connectivity index (χ1n) is 9.12. The Morgan fingerprint density at radius 1 is 1.12 bits per heavy atom. The van der Waals surface area contributed by atoms with Gasteiger partial charge in [-0.2, -0.15) is 0 Å². The normalized spacial score (nSPS) is 18.4. The van der Waals surface area contributed by atoms with Crippen LogP contribution in [0.15, 0.2) is 30.3 Å². The highest BCUT2D eigenvalue weighted by Crippen LogP contribution is 2.18. The van der Waals surface area contributed by atoms with E-state index in [9.17, 15) is 9.59 Å². The summed E-state index contributed by atoms with van der Waals surface area (Å²) >= 11 is 0. The van der Waals surface area contributed by atoms with E-state index in [0.717, 1.165) is 32.5 Å². The summed E-state index contributed by atoms with van der Waals surface area (Å²) in [6, 6.07) is 10.6. The summed E-state index contributed by atoms with van der Waals surface area (Å²) in [5, 5.41) is 3.02. The van der Waals surface area contributed by atoms with Gasteiger partial charge < -0.3 is 10.2 Å². The summed E-state index contributed by atoms with van der Waals surface area (Å²) < 4.78 is 0. The Balaban J connectivity index is 1.36. The highest BCUT2D eigenvalue weighted by molar-refractivity contribution is 5.79. The van der Waals surface area contributed by atoms with E-state index in [-0.39, 0.29) is 11.8 Å². The zero-order valence-electron chi connectivity index (χ0n) is 15.0. The molecule has 1 aliphatic carbocycles. The molecule has 6 heteroatoms. The maximum Gasteiger partial charge on any atom is 0.236 e. The molecule has 2 fully saturated rings. The number of nitrogens with one attached hydrogen (secondary N) is 1. The van der Waals surface area contributed by atoms with Crippen molar-refractivity contribution >= 4 is 11.8 Å². The number of amides is 2. The van der Waals surface area contributed by atoms with E-state index < -0.39 is 0 Å². The molecule has 6 nitrogen and oxygen atoms in total. The molecule has 0 radical (unpaired) electrons. The van der Waals surface area contributed by atoms with Gasteiger partial charge in [-0.05, 0) is 25.5 Å². The van der Waals surface area contributed by atoms with Crippen LogP contribution in [-0.4, -0.2) is 78.9 Å². The Hall–Kier alpha value is -1.92. The predicted molar refractivity (Wildman–Crippen MR) is 97.0 cm³/mol. The number of rotatable bonds is 7. The molecular formula is C19H28N4O2. The minimum absolute atomic E-state index is 0.116. The van der Waals surface area contributed by atoms with Crippen molar-refractivity contribution < 1.29 is 9.59 Å². The maximum absolute atomic E-state index is 12.5. The quantitative estimate of drug-likeness (QED) is 0.784. The molecule has 1 N–H and O–H groups in total. The molecule has 136 valence electrons. The lowest BCUT2D eigenvalue weighted by Crippen LogP contribution is -2.52. The van der Waals surface area contributed by atoms with Crippen LogP contribution in [-0.2, 0) is 16.1 Å². The predicted octanol–water partition coefficient (Wildman–Crippen LogP) is 0.541. The molecule has 0 unspecified atom stereocenters. The summed E-state index contributed by atoms with van der Waals surface area (Å²) in [4.78, 5) is 30.4. The van der Waals surface area contributed by atoms with Gasteiger partial charge >= 0.3 is 0 Å². The van der Waals surface area contributed by atoms with Crippen LogP contribution in [0.3, 0.4) is 0 Å². The fourth-order valence-corrected chi connectivity index (χ4v) is 3.14. The van der Waals surface area contributed by atoms with Crippen molar-refractivity contribution in [1.82, 2.24) is 20.0 Å². The Kier molecular flexibility index (Phi) is 6.04. The molecule has 0 bridgehead atoms. The molecule has 1 aromatic rings. The van der Waals surface area contributed by atoms with Crippen LogP contribution in [0, 0.1) is 0 Å². The molecule has 0 spiro atoms. The molecule has 1 saturated carbocycles. The first kappa shape index (κ1) is 17.9. The van der Waals surface area contributed by atoms with E-state index in [0.29, 0.717) is 32.2 Å². The van der Waals surface area contributed by atoms with Gasteiger partial charge in [-0.3, -0.25) is 19.4 Å². The van der Waals surface area contributed by atoms with Gasteiger partial charge in [0.25, 0.3) is 0 Å². The number of carbonyl (C=O) groups excluding carboxylic acids is 2. The Morgan fingerprint density at radius 2 is 1.80 bits per heavy atom. The molecule has 2 aliphatic rings. The smallest absolute Gasteiger partial charge is 0.236 e. The molecule has 2 amide bonds. The highest BCUT2D eigenvalue weighted by Gasteiger charge is 2.26. The van der Waals surface area contributed by atoms with Gasteiger partial charge in [0.1, 0.15) is 0 Å². The van der Waals surface area contributed by atoms with Crippen LogP contribution >= 0.6 is 0 Å². The topological polar surface area (TPSA) is 55.9 Å². The zero-order chi connectivity index (χ0) is 17.6. The van der Waals surface area contributed by atoms with Gasteiger partial charge in [0.2, 0.25) is 11.8 Å². The molecule has 0 atom stereocenters. The molecule has 1 aliphatic heterocycles. The molecule has 1 saturated heterocycles.